The lowest BCUT2D eigenvalue weighted by molar-refractivity contribution is 0.0729. The number of nitrogens with one attached hydrogen (secondary N) is 1. The molecule has 2 N–H and O–H groups in total. The van der Waals surface area contributed by atoms with Crippen LogP contribution in [0.15, 0.2) is 64.5 Å². The van der Waals surface area contributed by atoms with E-state index in [1.165, 1.54) is 43.1 Å². The van der Waals surface area contributed by atoms with Gasteiger partial charge in [0.1, 0.15) is 17.5 Å². The SMILES string of the molecule is CCOC(=O)Nc1cc(OC(=O)c2cccnc2)c(O)cc1-c1cc(=O)c2cncnc2o1. The molecule has 0 aliphatic carbocycles. The standard InChI is InChI=1S/C22H16N4O7/c1-2-31-22(30)26-15-7-19(33-21(29)12-4-3-5-23-9-12)17(28)6-13(15)18-8-16(27)14-10-24-11-25-20(14)32-18/h3-11,28H,2H2,1H3,(H,26,30). The zero-order valence-corrected chi connectivity index (χ0v) is 17.1. The number of fused-ring (bicyclic) bond motifs is 1. The van der Waals surface area contributed by atoms with Gasteiger partial charge >= 0.3 is 12.1 Å². The predicted octanol–water partition coefficient (Wildman–Crippen LogP) is 3.14. The van der Waals surface area contributed by atoms with E-state index >= 15 is 0 Å². The molecule has 0 fully saturated rings. The normalized spacial score (nSPS) is 10.6. The molecule has 0 spiro atoms. The average molecular weight is 448 g/mol. The third-order valence-electron chi connectivity index (χ3n) is 4.39. The van der Waals surface area contributed by atoms with E-state index in [9.17, 15) is 19.5 Å². The maximum Gasteiger partial charge on any atom is 0.411 e. The van der Waals surface area contributed by atoms with E-state index in [4.69, 9.17) is 13.9 Å². The molecule has 4 aromatic rings. The number of benzene rings is 1. The van der Waals surface area contributed by atoms with Gasteiger partial charge in [-0.15, -0.1) is 0 Å². The van der Waals surface area contributed by atoms with Crippen LogP contribution in [0, 0.1) is 0 Å². The van der Waals surface area contributed by atoms with E-state index in [1.54, 1.807) is 13.0 Å². The summed E-state index contributed by atoms with van der Waals surface area (Å²) in [5, 5.41) is 13.2. The highest BCUT2D eigenvalue weighted by Crippen LogP contribution is 2.39. The Morgan fingerprint density at radius 3 is 2.79 bits per heavy atom. The van der Waals surface area contributed by atoms with Gasteiger partial charge in [0.05, 0.1) is 17.9 Å². The van der Waals surface area contributed by atoms with E-state index in [0.717, 1.165) is 6.07 Å². The van der Waals surface area contributed by atoms with Gasteiger partial charge in [-0.1, -0.05) is 0 Å². The molecule has 0 saturated carbocycles. The fraction of sp³-hybridized carbons (Fsp3) is 0.0909. The van der Waals surface area contributed by atoms with Crippen molar-refractivity contribution in [1.29, 1.82) is 0 Å². The Balaban J connectivity index is 1.79. The molecule has 11 heteroatoms. The molecule has 4 rings (SSSR count). The summed E-state index contributed by atoms with van der Waals surface area (Å²) in [5.41, 5.74) is -0.0844. The van der Waals surface area contributed by atoms with Crippen molar-refractivity contribution in [2.75, 3.05) is 11.9 Å². The second-order valence-corrected chi connectivity index (χ2v) is 6.56. The van der Waals surface area contributed by atoms with Crippen molar-refractivity contribution in [3.63, 3.8) is 0 Å². The molecule has 0 saturated heterocycles. The summed E-state index contributed by atoms with van der Waals surface area (Å²) in [7, 11) is 0. The summed E-state index contributed by atoms with van der Waals surface area (Å²) in [4.78, 5) is 48.5. The fourth-order valence-corrected chi connectivity index (χ4v) is 2.91. The van der Waals surface area contributed by atoms with Crippen LogP contribution in [-0.2, 0) is 4.74 Å². The van der Waals surface area contributed by atoms with Gasteiger partial charge in [-0.2, -0.15) is 0 Å². The lowest BCUT2D eigenvalue weighted by atomic mass is 10.1. The first-order valence-electron chi connectivity index (χ1n) is 9.63. The molecule has 0 unspecified atom stereocenters. The molecule has 0 radical (unpaired) electrons. The van der Waals surface area contributed by atoms with Crippen molar-refractivity contribution >= 4 is 28.8 Å². The number of carbonyl (C=O) groups is 2. The number of phenolic OH excluding ortho intramolecular Hbond substituents is 1. The molecule has 0 bridgehead atoms. The van der Waals surface area contributed by atoms with Gasteiger partial charge in [0.15, 0.2) is 16.9 Å². The molecule has 0 atom stereocenters. The van der Waals surface area contributed by atoms with Crippen molar-refractivity contribution in [2.45, 2.75) is 6.92 Å². The van der Waals surface area contributed by atoms with Gasteiger partial charge in [-0.3, -0.25) is 15.1 Å². The molecule has 1 aromatic carbocycles. The van der Waals surface area contributed by atoms with Gasteiger partial charge in [-0.25, -0.2) is 19.6 Å². The molecule has 0 aliphatic heterocycles. The van der Waals surface area contributed by atoms with Crippen LogP contribution in [0.5, 0.6) is 11.5 Å². The van der Waals surface area contributed by atoms with Crippen molar-refractivity contribution < 1.29 is 28.6 Å². The monoisotopic (exact) mass is 448 g/mol. The summed E-state index contributed by atoms with van der Waals surface area (Å²) in [5.74, 6) is -1.47. The average Bonchev–Trinajstić information content (AvgIpc) is 2.81. The van der Waals surface area contributed by atoms with Gasteiger partial charge in [-0.05, 0) is 25.1 Å². The first kappa shape index (κ1) is 21.4. The third kappa shape index (κ3) is 4.61. The van der Waals surface area contributed by atoms with Crippen LogP contribution in [0.25, 0.3) is 22.4 Å². The van der Waals surface area contributed by atoms with Crippen LogP contribution < -0.4 is 15.5 Å². The third-order valence-corrected chi connectivity index (χ3v) is 4.39. The minimum absolute atomic E-state index is 0.00145. The van der Waals surface area contributed by atoms with Crippen molar-refractivity contribution in [1.82, 2.24) is 15.0 Å². The van der Waals surface area contributed by atoms with Gasteiger partial charge in [0, 0.05) is 36.3 Å². The number of pyridine rings is 1. The number of aromatic nitrogens is 3. The number of esters is 1. The zero-order chi connectivity index (χ0) is 23.4. The van der Waals surface area contributed by atoms with Crippen LogP contribution in [0.3, 0.4) is 0 Å². The highest BCUT2D eigenvalue weighted by Gasteiger charge is 2.20. The number of hydrogen-bond acceptors (Lipinski definition) is 10. The Bertz CT molecular complexity index is 1400. The van der Waals surface area contributed by atoms with Crippen molar-refractivity contribution in [3.05, 3.63) is 71.0 Å². The van der Waals surface area contributed by atoms with E-state index < -0.39 is 23.2 Å². The molecule has 0 aliphatic rings. The Labute approximate surface area is 185 Å². The first-order valence-corrected chi connectivity index (χ1v) is 9.63. The number of aromatic hydroxyl groups is 1. The second kappa shape index (κ2) is 9.14. The first-order chi connectivity index (χ1) is 16.0. The van der Waals surface area contributed by atoms with Crippen LogP contribution in [0.4, 0.5) is 10.5 Å². The number of amides is 1. The number of rotatable bonds is 5. The number of carbonyl (C=O) groups excluding carboxylic acids is 2. The molecule has 166 valence electrons. The molecular weight excluding hydrogens is 432 g/mol. The van der Waals surface area contributed by atoms with E-state index in [2.05, 4.69) is 20.3 Å². The Kier molecular flexibility index (Phi) is 5.94. The van der Waals surface area contributed by atoms with E-state index in [0.29, 0.717) is 0 Å². The van der Waals surface area contributed by atoms with Crippen molar-refractivity contribution in [3.8, 4) is 22.8 Å². The molecule has 11 nitrogen and oxygen atoms in total. The van der Waals surface area contributed by atoms with Crippen LogP contribution >= 0.6 is 0 Å². The summed E-state index contributed by atoms with van der Waals surface area (Å²) < 4.78 is 15.9. The summed E-state index contributed by atoms with van der Waals surface area (Å²) in [6.45, 7) is 1.73. The highest BCUT2D eigenvalue weighted by atomic mass is 16.5. The maximum atomic E-state index is 12.5. The van der Waals surface area contributed by atoms with Crippen LogP contribution in [0.1, 0.15) is 17.3 Å². The largest absolute Gasteiger partial charge is 0.504 e. The van der Waals surface area contributed by atoms with Crippen molar-refractivity contribution in [2.24, 2.45) is 0 Å². The predicted molar refractivity (Wildman–Crippen MR) is 115 cm³/mol. The zero-order valence-electron chi connectivity index (χ0n) is 17.1. The van der Waals surface area contributed by atoms with Gasteiger partial charge < -0.3 is 19.0 Å². The van der Waals surface area contributed by atoms with Gasteiger partial charge in [0.25, 0.3) is 0 Å². The molecule has 1 amide bonds. The fourth-order valence-electron chi connectivity index (χ4n) is 2.91. The van der Waals surface area contributed by atoms with E-state index in [-0.39, 0.29) is 46.0 Å². The minimum Gasteiger partial charge on any atom is -0.504 e. The summed E-state index contributed by atoms with van der Waals surface area (Å²) in [6, 6.07) is 6.60. The van der Waals surface area contributed by atoms with Crippen LogP contribution in [0.2, 0.25) is 0 Å². The molecule has 3 aromatic heterocycles. The number of ether oxygens (including phenoxy) is 2. The topological polar surface area (TPSA) is 154 Å². The molecular formula is C22H16N4O7. The Morgan fingerprint density at radius 2 is 2.03 bits per heavy atom. The molecule has 3 heterocycles. The van der Waals surface area contributed by atoms with Crippen LogP contribution in [-0.4, -0.2) is 38.7 Å². The molecule has 33 heavy (non-hydrogen) atoms. The Morgan fingerprint density at radius 1 is 1.18 bits per heavy atom. The van der Waals surface area contributed by atoms with E-state index in [1.807, 2.05) is 0 Å². The Hall–Kier alpha value is -4.80. The summed E-state index contributed by atoms with van der Waals surface area (Å²) in [6.07, 6.45) is 4.52. The summed E-state index contributed by atoms with van der Waals surface area (Å²) >= 11 is 0. The lowest BCUT2D eigenvalue weighted by Crippen LogP contribution is -2.15. The number of phenols is 1. The number of nitrogens with zero attached hydrogens (tertiary/aromatic N) is 3. The highest BCUT2D eigenvalue weighted by molar-refractivity contribution is 5.94. The minimum atomic E-state index is -0.806. The number of hydrogen-bond donors (Lipinski definition) is 2. The lowest BCUT2D eigenvalue weighted by Gasteiger charge is -2.14. The smallest absolute Gasteiger partial charge is 0.411 e. The van der Waals surface area contributed by atoms with Gasteiger partial charge in [0.2, 0.25) is 5.71 Å². The second-order valence-electron chi connectivity index (χ2n) is 6.56. The maximum absolute atomic E-state index is 12.5. The number of anilines is 1. The quantitative estimate of drug-likeness (QED) is 0.264.